The van der Waals surface area contributed by atoms with E-state index in [1.54, 1.807) is 54.6 Å². The van der Waals surface area contributed by atoms with Crippen LogP contribution in [0.3, 0.4) is 0 Å². The third kappa shape index (κ3) is 3.09. The Morgan fingerprint density at radius 3 is 2.05 bits per heavy atom. The number of Topliss-reactive ketones (excluding diaryl/α,β-unsaturated/α-hetero) is 1. The molecule has 1 unspecified atom stereocenters. The number of carbonyl (C=O) groups is 1. The summed E-state index contributed by atoms with van der Waals surface area (Å²) < 4.78 is 22.8. The van der Waals surface area contributed by atoms with Gasteiger partial charge in [0.15, 0.2) is 16.5 Å². The van der Waals surface area contributed by atoms with Gasteiger partial charge in [0.25, 0.3) is 0 Å². The Kier molecular flexibility index (Phi) is 4.12. The predicted octanol–water partition coefficient (Wildman–Crippen LogP) is 2.53. The van der Waals surface area contributed by atoms with Crippen LogP contribution in [0.4, 0.5) is 0 Å². The number of carbonyl (C=O) groups excluding carboxylic acids is 1. The minimum Gasteiger partial charge on any atom is -0.292 e. The van der Waals surface area contributed by atoms with Gasteiger partial charge in [0.05, 0.1) is 0 Å². The molecule has 0 aliphatic heterocycles. The van der Waals surface area contributed by atoms with E-state index in [1.807, 2.05) is 6.92 Å². The van der Waals surface area contributed by atoms with Crippen molar-refractivity contribution in [3.05, 3.63) is 71.3 Å². The van der Waals surface area contributed by atoms with Gasteiger partial charge in [0, 0.05) is 5.56 Å². The fraction of sp³-hybridized carbons (Fsp3) is 0.133. The van der Waals surface area contributed by atoms with Crippen LogP contribution in [0.15, 0.2) is 54.6 Å². The Morgan fingerprint density at radius 2 is 1.53 bits per heavy atom. The van der Waals surface area contributed by atoms with Gasteiger partial charge >= 0.3 is 0 Å². The van der Waals surface area contributed by atoms with Gasteiger partial charge < -0.3 is 0 Å². The quantitative estimate of drug-likeness (QED) is 0.688. The summed E-state index contributed by atoms with van der Waals surface area (Å²) in [5.41, 5.74) is 1.94. The summed E-state index contributed by atoms with van der Waals surface area (Å²) in [6.07, 6.45) is 0. The molecular formula is C15H14O3S. The molecule has 0 aliphatic carbocycles. The minimum absolute atomic E-state index is 0.388. The predicted molar refractivity (Wildman–Crippen MR) is 75.0 cm³/mol. The minimum atomic E-state index is -2.86. The van der Waals surface area contributed by atoms with E-state index in [2.05, 4.69) is 0 Å². The lowest BCUT2D eigenvalue weighted by atomic mass is 10.0. The molecule has 2 aromatic carbocycles. The molecule has 0 radical (unpaired) electrons. The molecule has 0 aromatic heterocycles. The van der Waals surface area contributed by atoms with Crippen molar-refractivity contribution in [2.45, 2.75) is 12.2 Å². The smallest absolute Gasteiger partial charge is 0.185 e. The van der Waals surface area contributed by atoms with E-state index < -0.39 is 16.0 Å². The molecule has 0 fully saturated rings. The fourth-order valence-electron chi connectivity index (χ4n) is 1.88. The molecule has 2 aromatic rings. The second-order valence-corrected chi connectivity index (χ2v) is 5.42. The van der Waals surface area contributed by atoms with Gasteiger partial charge in [-0.15, -0.1) is 0 Å². The van der Waals surface area contributed by atoms with Crippen LogP contribution in [0.25, 0.3) is 0 Å². The molecule has 4 heteroatoms. The van der Waals surface area contributed by atoms with Gasteiger partial charge in [-0.2, -0.15) is 0 Å². The number of aryl methyl sites for hydroxylation is 1. The lowest BCUT2D eigenvalue weighted by Gasteiger charge is -2.10. The van der Waals surface area contributed by atoms with E-state index in [0.717, 1.165) is 5.56 Å². The van der Waals surface area contributed by atoms with Crippen LogP contribution in [0.5, 0.6) is 0 Å². The lowest BCUT2D eigenvalue weighted by molar-refractivity contribution is 0.0987. The Hall–Kier alpha value is -1.94. The molecule has 0 spiro atoms. The van der Waals surface area contributed by atoms with Gasteiger partial charge in [-0.1, -0.05) is 60.2 Å². The van der Waals surface area contributed by atoms with Gasteiger partial charge in [-0.3, -0.25) is 4.79 Å². The zero-order valence-corrected chi connectivity index (χ0v) is 11.3. The van der Waals surface area contributed by atoms with Crippen molar-refractivity contribution in [1.82, 2.24) is 0 Å². The van der Waals surface area contributed by atoms with Crippen LogP contribution in [-0.4, -0.2) is 14.2 Å². The second kappa shape index (κ2) is 5.80. The number of hydrogen-bond acceptors (Lipinski definition) is 3. The first-order valence-electron chi connectivity index (χ1n) is 5.89. The van der Waals surface area contributed by atoms with Gasteiger partial charge in [0.2, 0.25) is 0 Å². The standard InChI is InChI=1S/C15H14O3S/c1-11-7-9-13(10-8-11)15(19(17)18)14(16)12-5-3-2-4-6-12/h2-10,15,19H,1H3. The molecular weight excluding hydrogens is 260 g/mol. The summed E-state index contributed by atoms with van der Waals surface area (Å²) in [5.74, 6) is -0.388. The van der Waals surface area contributed by atoms with Crippen molar-refractivity contribution < 1.29 is 13.2 Å². The number of ketones is 1. The molecule has 0 heterocycles. The number of thiol groups is 1. The zero-order valence-electron chi connectivity index (χ0n) is 10.4. The van der Waals surface area contributed by atoms with E-state index in [-0.39, 0.29) is 5.78 Å². The zero-order chi connectivity index (χ0) is 13.8. The molecule has 98 valence electrons. The first-order valence-corrected chi connectivity index (χ1v) is 7.13. The number of rotatable bonds is 4. The molecule has 0 N–H and O–H groups in total. The monoisotopic (exact) mass is 274 g/mol. The van der Waals surface area contributed by atoms with E-state index in [4.69, 9.17) is 0 Å². The Bertz CT molecular complexity index is 635. The third-order valence-electron chi connectivity index (χ3n) is 2.91. The SMILES string of the molecule is Cc1ccc(C(C(=O)c2ccccc2)[SH](=O)=O)cc1. The maximum atomic E-state index is 12.3. The molecule has 3 nitrogen and oxygen atoms in total. The van der Waals surface area contributed by atoms with Crippen LogP contribution < -0.4 is 0 Å². The fourth-order valence-corrected chi connectivity index (χ4v) is 2.63. The van der Waals surface area contributed by atoms with Crippen molar-refractivity contribution >= 4 is 16.5 Å². The van der Waals surface area contributed by atoms with Crippen LogP contribution in [-0.2, 0) is 10.7 Å². The molecule has 19 heavy (non-hydrogen) atoms. The molecule has 2 rings (SSSR count). The Balaban J connectivity index is 2.42. The summed E-state index contributed by atoms with van der Waals surface area (Å²) in [6.45, 7) is 1.91. The maximum absolute atomic E-state index is 12.3. The molecule has 0 bridgehead atoms. The highest BCUT2D eigenvalue weighted by Gasteiger charge is 2.24. The molecule has 0 saturated carbocycles. The number of hydrogen-bond donors (Lipinski definition) is 1. The summed E-state index contributed by atoms with van der Waals surface area (Å²) >= 11 is 0. The summed E-state index contributed by atoms with van der Waals surface area (Å²) in [7, 11) is -2.86. The van der Waals surface area contributed by atoms with E-state index in [0.29, 0.717) is 11.1 Å². The molecule has 1 atom stereocenters. The van der Waals surface area contributed by atoms with Gasteiger partial charge in [0.1, 0.15) is 5.25 Å². The lowest BCUT2D eigenvalue weighted by Crippen LogP contribution is -2.14. The van der Waals surface area contributed by atoms with Crippen molar-refractivity contribution in [2.24, 2.45) is 0 Å². The van der Waals surface area contributed by atoms with Crippen molar-refractivity contribution in [1.29, 1.82) is 0 Å². The van der Waals surface area contributed by atoms with Crippen molar-refractivity contribution in [2.75, 3.05) is 0 Å². The first kappa shape index (κ1) is 13.5. The highest BCUT2D eigenvalue weighted by Crippen LogP contribution is 2.22. The first-order chi connectivity index (χ1) is 9.09. The second-order valence-electron chi connectivity index (χ2n) is 4.33. The summed E-state index contributed by atoms with van der Waals surface area (Å²) in [4.78, 5) is 12.3. The summed E-state index contributed by atoms with van der Waals surface area (Å²) in [5, 5.41) is -1.11. The van der Waals surface area contributed by atoms with Gasteiger partial charge in [-0.05, 0) is 12.5 Å². The Morgan fingerprint density at radius 1 is 0.947 bits per heavy atom. The van der Waals surface area contributed by atoms with E-state index in [1.165, 1.54) is 0 Å². The normalized spacial score (nSPS) is 12.3. The molecule has 0 amide bonds. The third-order valence-corrected chi connectivity index (χ3v) is 3.86. The topological polar surface area (TPSA) is 51.2 Å². The van der Waals surface area contributed by atoms with Crippen LogP contribution in [0.2, 0.25) is 0 Å². The molecule has 0 saturated heterocycles. The van der Waals surface area contributed by atoms with Crippen LogP contribution in [0.1, 0.15) is 26.7 Å². The largest absolute Gasteiger partial charge is 0.292 e. The number of benzene rings is 2. The van der Waals surface area contributed by atoms with E-state index >= 15 is 0 Å². The Labute approximate surface area is 113 Å². The van der Waals surface area contributed by atoms with E-state index in [9.17, 15) is 13.2 Å². The summed E-state index contributed by atoms with van der Waals surface area (Å²) in [6, 6.07) is 15.5. The molecule has 0 aliphatic rings. The van der Waals surface area contributed by atoms with Crippen LogP contribution in [0, 0.1) is 6.92 Å². The highest BCUT2D eigenvalue weighted by molar-refractivity contribution is 7.73. The van der Waals surface area contributed by atoms with Crippen LogP contribution >= 0.6 is 0 Å². The highest BCUT2D eigenvalue weighted by atomic mass is 32.2. The van der Waals surface area contributed by atoms with Gasteiger partial charge in [-0.25, -0.2) is 8.42 Å². The average Bonchev–Trinajstić information content (AvgIpc) is 2.42. The average molecular weight is 274 g/mol. The van der Waals surface area contributed by atoms with Crippen molar-refractivity contribution in [3.63, 3.8) is 0 Å². The van der Waals surface area contributed by atoms with Crippen molar-refractivity contribution in [3.8, 4) is 0 Å². The maximum Gasteiger partial charge on any atom is 0.185 e.